The number of ether oxygens (including phenoxy) is 1. The monoisotopic (exact) mass is 407 g/mol. The first-order valence-corrected chi connectivity index (χ1v) is 9.12. The zero-order chi connectivity index (χ0) is 21.5. The van der Waals surface area contributed by atoms with Crippen LogP contribution < -0.4 is 15.5 Å². The van der Waals surface area contributed by atoms with Crippen molar-refractivity contribution in [2.45, 2.75) is 0 Å². The van der Waals surface area contributed by atoms with Crippen molar-refractivity contribution in [3.8, 4) is 0 Å². The Kier molecular flexibility index (Phi) is 6.49. The van der Waals surface area contributed by atoms with Crippen LogP contribution in [0.5, 0.6) is 0 Å². The summed E-state index contributed by atoms with van der Waals surface area (Å²) in [5.41, 5.74) is 1.96. The van der Waals surface area contributed by atoms with E-state index in [2.05, 4.69) is 10.6 Å². The van der Waals surface area contributed by atoms with Crippen molar-refractivity contribution in [1.82, 2.24) is 0 Å². The predicted octanol–water partition coefficient (Wildman–Crippen LogP) is 3.39. The van der Waals surface area contributed by atoms with Crippen LogP contribution in [0.2, 0.25) is 0 Å². The molecule has 3 aromatic rings. The van der Waals surface area contributed by atoms with E-state index in [-0.39, 0.29) is 17.0 Å². The van der Waals surface area contributed by atoms with Crippen LogP contribution >= 0.6 is 0 Å². The molecule has 0 aliphatic heterocycles. The Hall–Kier alpha value is -4.07. The minimum atomic E-state index is -0.733. The van der Waals surface area contributed by atoms with Crippen LogP contribution in [0.3, 0.4) is 0 Å². The lowest BCUT2D eigenvalue weighted by molar-refractivity contribution is -0.119. The van der Waals surface area contributed by atoms with Crippen LogP contribution in [-0.4, -0.2) is 38.5 Å². The maximum Gasteiger partial charge on any atom is 0.340 e. The number of anilines is 3. The van der Waals surface area contributed by atoms with E-state index in [1.807, 2.05) is 31.1 Å². The minimum Gasteiger partial charge on any atom is -0.459 e. The van der Waals surface area contributed by atoms with Crippen molar-refractivity contribution in [3.63, 3.8) is 0 Å². The predicted molar refractivity (Wildman–Crippen MR) is 113 cm³/mol. The second-order valence-electron chi connectivity index (χ2n) is 6.54. The number of nitrogens with one attached hydrogen (secondary N) is 2. The molecule has 0 fully saturated rings. The number of hydrogen-bond acceptors (Lipinski definition) is 6. The summed E-state index contributed by atoms with van der Waals surface area (Å²) in [6, 6.07) is 16.7. The molecular weight excluding hydrogens is 386 g/mol. The van der Waals surface area contributed by atoms with Crippen LogP contribution in [0.4, 0.5) is 17.1 Å². The summed E-state index contributed by atoms with van der Waals surface area (Å²) < 4.78 is 10.1. The third-order valence-corrected chi connectivity index (χ3v) is 4.14. The molecule has 0 spiro atoms. The minimum absolute atomic E-state index is 0.109. The number of carbonyl (C=O) groups is 3. The van der Waals surface area contributed by atoms with Gasteiger partial charge in [0.25, 0.3) is 11.8 Å². The molecule has 2 N–H and O–H groups in total. The summed E-state index contributed by atoms with van der Waals surface area (Å²) in [5, 5.41) is 5.26. The van der Waals surface area contributed by atoms with Gasteiger partial charge < -0.3 is 24.7 Å². The van der Waals surface area contributed by atoms with Crippen LogP contribution in [0.15, 0.2) is 71.3 Å². The highest BCUT2D eigenvalue weighted by atomic mass is 16.5. The van der Waals surface area contributed by atoms with E-state index in [1.165, 1.54) is 18.4 Å². The standard InChI is InChI=1S/C22H21N3O5/c1-25(2)16-11-9-15(10-12-16)23-20(26)14-30-22(28)17-6-3-4-7-18(17)24-21(27)19-8-5-13-29-19/h3-13H,14H2,1-2H3,(H,23,26)(H,24,27). The number of esters is 1. The van der Waals surface area contributed by atoms with Gasteiger partial charge >= 0.3 is 5.97 Å². The molecule has 0 aliphatic rings. The summed E-state index contributed by atoms with van der Waals surface area (Å²) in [5.74, 6) is -1.60. The third kappa shape index (κ3) is 5.26. The van der Waals surface area contributed by atoms with Gasteiger partial charge in [-0.25, -0.2) is 4.79 Å². The number of benzene rings is 2. The molecule has 0 saturated carbocycles. The summed E-state index contributed by atoms with van der Waals surface area (Å²) in [4.78, 5) is 38.6. The smallest absolute Gasteiger partial charge is 0.340 e. The third-order valence-electron chi connectivity index (χ3n) is 4.14. The Labute approximate surface area is 173 Å². The van der Waals surface area contributed by atoms with E-state index < -0.39 is 24.4 Å². The molecule has 1 aromatic heterocycles. The van der Waals surface area contributed by atoms with Crippen molar-refractivity contribution in [2.24, 2.45) is 0 Å². The van der Waals surface area contributed by atoms with Gasteiger partial charge in [0.2, 0.25) is 0 Å². The van der Waals surface area contributed by atoms with E-state index >= 15 is 0 Å². The first kappa shape index (κ1) is 20.7. The number of amides is 2. The highest BCUT2D eigenvalue weighted by Crippen LogP contribution is 2.18. The van der Waals surface area contributed by atoms with Gasteiger partial charge in [-0.15, -0.1) is 0 Å². The molecule has 0 aliphatic carbocycles. The zero-order valence-electron chi connectivity index (χ0n) is 16.5. The number of carbonyl (C=O) groups excluding carboxylic acids is 3. The van der Waals surface area contributed by atoms with E-state index in [4.69, 9.17) is 9.15 Å². The summed E-state index contributed by atoms with van der Waals surface area (Å²) >= 11 is 0. The van der Waals surface area contributed by atoms with E-state index in [1.54, 1.807) is 36.4 Å². The molecule has 0 radical (unpaired) electrons. The van der Waals surface area contributed by atoms with Gasteiger partial charge in [0.1, 0.15) is 0 Å². The maximum absolute atomic E-state index is 12.4. The van der Waals surface area contributed by atoms with Gasteiger partial charge in [0.05, 0.1) is 17.5 Å². The maximum atomic E-state index is 12.4. The Morgan fingerprint density at radius 1 is 0.933 bits per heavy atom. The summed E-state index contributed by atoms with van der Waals surface area (Å²) in [6.45, 7) is -0.464. The largest absolute Gasteiger partial charge is 0.459 e. The molecule has 8 nitrogen and oxygen atoms in total. The first-order chi connectivity index (χ1) is 14.4. The van der Waals surface area contributed by atoms with Crippen molar-refractivity contribution in [3.05, 3.63) is 78.3 Å². The lowest BCUT2D eigenvalue weighted by Crippen LogP contribution is -2.22. The number of para-hydroxylation sites is 1. The zero-order valence-corrected chi connectivity index (χ0v) is 16.5. The Morgan fingerprint density at radius 2 is 1.67 bits per heavy atom. The Balaban J connectivity index is 1.58. The molecule has 3 rings (SSSR count). The molecule has 0 saturated heterocycles. The molecule has 0 bridgehead atoms. The lowest BCUT2D eigenvalue weighted by Gasteiger charge is -2.13. The van der Waals surface area contributed by atoms with Crippen molar-refractivity contribution >= 4 is 34.8 Å². The van der Waals surface area contributed by atoms with E-state index in [0.29, 0.717) is 5.69 Å². The molecule has 2 amide bonds. The molecule has 2 aromatic carbocycles. The average Bonchev–Trinajstić information content (AvgIpc) is 3.28. The molecule has 0 atom stereocenters. The van der Waals surface area contributed by atoms with E-state index in [9.17, 15) is 14.4 Å². The van der Waals surface area contributed by atoms with Gasteiger partial charge in [-0.2, -0.15) is 0 Å². The van der Waals surface area contributed by atoms with Gasteiger partial charge in [0, 0.05) is 25.5 Å². The molecule has 30 heavy (non-hydrogen) atoms. The van der Waals surface area contributed by atoms with Crippen LogP contribution in [-0.2, 0) is 9.53 Å². The number of hydrogen-bond donors (Lipinski definition) is 2. The number of furan rings is 1. The Morgan fingerprint density at radius 3 is 2.33 bits per heavy atom. The van der Waals surface area contributed by atoms with Crippen LogP contribution in [0.25, 0.3) is 0 Å². The fourth-order valence-corrected chi connectivity index (χ4v) is 2.61. The lowest BCUT2D eigenvalue weighted by atomic mass is 10.1. The van der Waals surface area contributed by atoms with Gasteiger partial charge in [-0.3, -0.25) is 9.59 Å². The second-order valence-corrected chi connectivity index (χ2v) is 6.54. The average molecular weight is 407 g/mol. The highest BCUT2D eigenvalue weighted by molar-refractivity contribution is 6.07. The molecule has 1 heterocycles. The quantitative estimate of drug-likeness (QED) is 0.582. The number of rotatable bonds is 7. The summed E-state index contributed by atoms with van der Waals surface area (Å²) in [7, 11) is 3.84. The van der Waals surface area contributed by atoms with Gasteiger partial charge in [-0.05, 0) is 48.5 Å². The molecule has 154 valence electrons. The van der Waals surface area contributed by atoms with Gasteiger partial charge in [0.15, 0.2) is 12.4 Å². The van der Waals surface area contributed by atoms with Crippen molar-refractivity contribution in [1.29, 1.82) is 0 Å². The normalized spacial score (nSPS) is 10.2. The highest BCUT2D eigenvalue weighted by Gasteiger charge is 2.17. The fraction of sp³-hybridized carbons (Fsp3) is 0.136. The summed E-state index contributed by atoms with van der Waals surface area (Å²) in [6.07, 6.45) is 1.38. The topological polar surface area (TPSA) is 101 Å². The Bertz CT molecular complexity index is 1030. The molecular formula is C22H21N3O5. The van der Waals surface area contributed by atoms with Crippen molar-refractivity contribution < 1.29 is 23.5 Å². The van der Waals surface area contributed by atoms with Crippen LogP contribution in [0, 0.1) is 0 Å². The SMILES string of the molecule is CN(C)c1ccc(NC(=O)COC(=O)c2ccccc2NC(=O)c2ccco2)cc1. The molecule has 8 heteroatoms. The second kappa shape index (κ2) is 9.42. The molecule has 0 unspecified atom stereocenters. The van der Waals surface area contributed by atoms with Crippen molar-refractivity contribution in [2.75, 3.05) is 36.2 Å². The van der Waals surface area contributed by atoms with Crippen LogP contribution in [0.1, 0.15) is 20.9 Å². The number of nitrogens with zero attached hydrogens (tertiary/aromatic N) is 1. The van der Waals surface area contributed by atoms with E-state index in [0.717, 1.165) is 5.69 Å². The fourth-order valence-electron chi connectivity index (χ4n) is 2.61. The first-order valence-electron chi connectivity index (χ1n) is 9.12. The van der Waals surface area contributed by atoms with Gasteiger partial charge in [-0.1, -0.05) is 12.1 Å².